The van der Waals surface area contributed by atoms with Gasteiger partial charge in [-0.3, -0.25) is 9.78 Å². The van der Waals surface area contributed by atoms with Crippen LogP contribution in [0.3, 0.4) is 0 Å². The molecule has 4 nitrogen and oxygen atoms in total. The highest BCUT2D eigenvalue weighted by atomic mass is 16.2. The lowest BCUT2D eigenvalue weighted by Gasteiger charge is -2.34. The van der Waals surface area contributed by atoms with Crippen LogP contribution in [0.4, 0.5) is 0 Å². The van der Waals surface area contributed by atoms with Gasteiger partial charge in [-0.2, -0.15) is 5.26 Å². The lowest BCUT2D eigenvalue weighted by atomic mass is 9.84. The molecule has 1 fully saturated rings. The average molecular weight is 257 g/mol. The van der Waals surface area contributed by atoms with Crippen LogP contribution in [-0.4, -0.2) is 28.9 Å². The Morgan fingerprint density at radius 1 is 1.37 bits per heavy atom. The standard InChI is InChI=1S/C15H19N3O/c1-18(15(19)13-7-10-17-11-8-13)14-4-2-12(3-5-14)6-9-16/h7-8,10-12,14H,2-6H2,1H3. The lowest BCUT2D eigenvalue weighted by Crippen LogP contribution is -2.39. The minimum Gasteiger partial charge on any atom is -0.339 e. The SMILES string of the molecule is CN(C(=O)c1ccncc1)C1CCC(CC#N)CC1. The third-order valence-corrected chi connectivity index (χ3v) is 3.99. The maximum Gasteiger partial charge on any atom is 0.253 e. The van der Waals surface area contributed by atoms with E-state index >= 15 is 0 Å². The molecule has 0 saturated heterocycles. The molecule has 4 heteroatoms. The number of amides is 1. The topological polar surface area (TPSA) is 57.0 Å². The summed E-state index contributed by atoms with van der Waals surface area (Å²) in [6, 6.07) is 6.04. The van der Waals surface area contributed by atoms with E-state index in [1.807, 2.05) is 11.9 Å². The normalized spacial score (nSPS) is 22.5. The molecule has 0 N–H and O–H groups in total. The molecule has 100 valence electrons. The average Bonchev–Trinajstić information content (AvgIpc) is 2.48. The molecule has 2 rings (SSSR count). The summed E-state index contributed by atoms with van der Waals surface area (Å²) in [6.07, 6.45) is 8.03. The fourth-order valence-electron chi connectivity index (χ4n) is 2.73. The molecule has 1 amide bonds. The Bertz CT molecular complexity index is 458. The third kappa shape index (κ3) is 3.31. The molecule has 1 aliphatic carbocycles. The van der Waals surface area contributed by atoms with Crippen LogP contribution >= 0.6 is 0 Å². The van der Waals surface area contributed by atoms with Crippen molar-refractivity contribution < 1.29 is 4.79 Å². The smallest absolute Gasteiger partial charge is 0.253 e. The van der Waals surface area contributed by atoms with Gasteiger partial charge in [0.25, 0.3) is 5.91 Å². The van der Waals surface area contributed by atoms with Crippen LogP contribution in [0.15, 0.2) is 24.5 Å². The molecule has 0 unspecified atom stereocenters. The van der Waals surface area contributed by atoms with Crippen LogP contribution in [0.1, 0.15) is 42.5 Å². The molecule has 0 atom stereocenters. The van der Waals surface area contributed by atoms with Crippen molar-refractivity contribution >= 4 is 5.91 Å². The number of hydrogen-bond donors (Lipinski definition) is 0. The van der Waals surface area contributed by atoms with Gasteiger partial charge < -0.3 is 4.90 Å². The van der Waals surface area contributed by atoms with E-state index in [2.05, 4.69) is 11.1 Å². The van der Waals surface area contributed by atoms with E-state index in [9.17, 15) is 4.79 Å². The highest BCUT2D eigenvalue weighted by Crippen LogP contribution is 2.29. The molecule has 1 aromatic heterocycles. The first-order valence-corrected chi connectivity index (χ1v) is 6.76. The van der Waals surface area contributed by atoms with Crippen molar-refractivity contribution in [3.05, 3.63) is 30.1 Å². The van der Waals surface area contributed by atoms with E-state index in [0.717, 1.165) is 25.7 Å². The Hall–Kier alpha value is -1.89. The van der Waals surface area contributed by atoms with Crippen molar-refractivity contribution in [1.82, 2.24) is 9.88 Å². The third-order valence-electron chi connectivity index (χ3n) is 3.99. The summed E-state index contributed by atoms with van der Waals surface area (Å²) in [5.74, 6) is 0.580. The summed E-state index contributed by atoms with van der Waals surface area (Å²) in [4.78, 5) is 18.1. The Balaban J connectivity index is 1.93. The number of carbonyl (C=O) groups is 1. The number of carbonyl (C=O) groups excluding carboxylic acids is 1. The first-order chi connectivity index (χ1) is 9.22. The van der Waals surface area contributed by atoms with E-state index in [1.54, 1.807) is 24.5 Å². The van der Waals surface area contributed by atoms with Gasteiger partial charge in [0.15, 0.2) is 0 Å². The highest BCUT2D eigenvalue weighted by Gasteiger charge is 2.26. The highest BCUT2D eigenvalue weighted by molar-refractivity contribution is 5.94. The molecular weight excluding hydrogens is 238 g/mol. The molecule has 0 bridgehead atoms. The molecule has 1 aromatic rings. The number of nitriles is 1. The fraction of sp³-hybridized carbons (Fsp3) is 0.533. The molecule has 1 aliphatic rings. The number of pyridine rings is 1. The van der Waals surface area contributed by atoms with Crippen LogP contribution in [0.2, 0.25) is 0 Å². The molecule has 0 radical (unpaired) electrons. The van der Waals surface area contributed by atoms with Crippen molar-refractivity contribution in [3.63, 3.8) is 0 Å². The van der Waals surface area contributed by atoms with Gasteiger partial charge in [-0.25, -0.2) is 0 Å². The molecule has 1 heterocycles. The van der Waals surface area contributed by atoms with Gasteiger partial charge in [0.1, 0.15) is 0 Å². The van der Waals surface area contributed by atoms with Crippen molar-refractivity contribution in [2.24, 2.45) is 5.92 Å². The Kier molecular flexibility index (Phi) is 4.51. The van der Waals surface area contributed by atoms with Crippen LogP contribution in [-0.2, 0) is 0 Å². The maximum absolute atomic E-state index is 12.3. The fourth-order valence-corrected chi connectivity index (χ4v) is 2.73. The van der Waals surface area contributed by atoms with E-state index in [0.29, 0.717) is 23.9 Å². The van der Waals surface area contributed by atoms with Crippen LogP contribution in [0.25, 0.3) is 0 Å². The van der Waals surface area contributed by atoms with Crippen LogP contribution in [0, 0.1) is 17.2 Å². The molecule has 1 saturated carbocycles. The summed E-state index contributed by atoms with van der Waals surface area (Å²) in [5, 5.41) is 8.71. The molecule has 19 heavy (non-hydrogen) atoms. The van der Waals surface area contributed by atoms with E-state index in [4.69, 9.17) is 5.26 Å². The number of aromatic nitrogens is 1. The predicted octanol–water partition coefficient (Wildman–Crippen LogP) is 2.63. The first kappa shape index (κ1) is 13.5. The van der Waals surface area contributed by atoms with Gasteiger partial charge >= 0.3 is 0 Å². The van der Waals surface area contributed by atoms with Crippen molar-refractivity contribution in [1.29, 1.82) is 5.26 Å². The molecule has 0 aliphatic heterocycles. The predicted molar refractivity (Wildman–Crippen MR) is 72.3 cm³/mol. The van der Waals surface area contributed by atoms with Crippen LogP contribution < -0.4 is 0 Å². The second-order valence-corrected chi connectivity index (χ2v) is 5.19. The van der Waals surface area contributed by atoms with Crippen LogP contribution in [0.5, 0.6) is 0 Å². The van der Waals surface area contributed by atoms with Crippen molar-refractivity contribution in [2.75, 3.05) is 7.05 Å². The second-order valence-electron chi connectivity index (χ2n) is 5.19. The minimum atomic E-state index is 0.0612. The number of nitrogens with zero attached hydrogens (tertiary/aromatic N) is 3. The molecular formula is C15H19N3O. The summed E-state index contributed by atoms with van der Waals surface area (Å²) < 4.78 is 0. The number of hydrogen-bond acceptors (Lipinski definition) is 3. The largest absolute Gasteiger partial charge is 0.339 e. The minimum absolute atomic E-state index is 0.0612. The zero-order valence-corrected chi connectivity index (χ0v) is 11.2. The Morgan fingerprint density at radius 3 is 2.58 bits per heavy atom. The van der Waals surface area contributed by atoms with Gasteiger partial charge in [-0.1, -0.05) is 0 Å². The van der Waals surface area contributed by atoms with Gasteiger partial charge in [0, 0.05) is 37.5 Å². The zero-order chi connectivity index (χ0) is 13.7. The summed E-state index contributed by atoms with van der Waals surface area (Å²) in [6.45, 7) is 0. The van der Waals surface area contributed by atoms with E-state index in [-0.39, 0.29) is 5.91 Å². The van der Waals surface area contributed by atoms with Crippen molar-refractivity contribution in [2.45, 2.75) is 38.1 Å². The molecule has 0 aromatic carbocycles. The van der Waals surface area contributed by atoms with Crippen molar-refractivity contribution in [3.8, 4) is 6.07 Å². The van der Waals surface area contributed by atoms with E-state index in [1.165, 1.54) is 0 Å². The zero-order valence-electron chi connectivity index (χ0n) is 11.2. The van der Waals surface area contributed by atoms with Gasteiger partial charge in [0.2, 0.25) is 0 Å². The Morgan fingerprint density at radius 2 is 2.00 bits per heavy atom. The Labute approximate surface area is 114 Å². The summed E-state index contributed by atoms with van der Waals surface area (Å²) >= 11 is 0. The van der Waals surface area contributed by atoms with Gasteiger partial charge in [-0.15, -0.1) is 0 Å². The van der Waals surface area contributed by atoms with Gasteiger partial charge in [0.05, 0.1) is 6.07 Å². The van der Waals surface area contributed by atoms with E-state index < -0.39 is 0 Å². The second kappa shape index (κ2) is 6.33. The summed E-state index contributed by atoms with van der Waals surface area (Å²) in [5.41, 5.74) is 0.691. The maximum atomic E-state index is 12.3. The first-order valence-electron chi connectivity index (χ1n) is 6.76. The van der Waals surface area contributed by atoms with Gasteiger partial charge in [-0.05, 0) is 43.7 Å². The quantitative estimate of drug-likeness (QED) is 0.836. The lowest BCUT2D eigenvalue weighted by molar-refractivity contribution is 0.0676. The summed E-state index contributed by atoms with van der Waals surface area (Å²) in [7, 11) is 1.87. The monoisotopic (exact) mass is 257 g/mol. The molecule has 0 spiro atoms. The number of rotatable bonds is 3.